The van der Waals surface area contributed by atoms with Crippen LogP contribution in [0, 0.1) is 13.8 Å². The minimum absolute atomic E-state index is 0.139. The quantitative estimate of drug-likeness (QED) is 0.861. The van der Waals surface area contributed by atoms with E-state index in [9.17, 15) is 9.59 Å². The number of ether oxygens (including phenoxy) is 1. The summed E-state index contributed by atoms with van der Waals surface area (Å²) in [6.45, 7) is 5.15. The minimum atomic E-state index is -0.509. The lowest BCUT2D eigenvalue weighted by molar-refractivity contribution is -0.124. The van der Waals surface area contributed by atoms with Gasteiger partial charge in [0.1, 0.15) is 4.88 Å². The third kappa shape index (κ3) is 4.14. The fourth-order valence-electron chi connectivity index (χ4n) is 2.03. The Morgan fingerprint density at radius 2 is 1.95 bits per heavy atom. The number of thiazole rings is 1. The molecule has 0 radical (unpaired) electrons. The van der Waals surface area contributed by atoms with Crippen molar-refractivity contribution in [3.05, 3.63) is 51.5 Å². The number of aryl methyl sites for hydroxylation is 2. The zero-order chi connectivity index (χ0) is 16.1. The van der Waals surface area contributed by atoms with Crippen molar-refractivity contribution in [1.29, 1.82) is 0 Å². The number of benzene rings is 1. The van der Waals surface area contributed by atoms with Crippen molar-refractivity contribution in [3.63, 3.8) is 0 Å². The van der Waals surface area contributed by atoms with E-state index in [4.69, 9.17) is 4.74 Å². The van der Waals surface area contributed by atoms with Crippen LogP contribution < -0.4 is 5.32 Å². The molecule has 2 rings (SSSR count). The van der Waals surface area contributed by atoms with Crippen LogP contribution in [0.15, 0.2) is 30.3 Å². The van der Waals surface area contributed by atoms with Crippen LogP contribution in [0.2, 0.25) is 0 Å². The molecule has 2 aromatic rings. The Bertz CT molecular complexity index is 667. The molecule has 1 N–H and O–H groups in total. The maximum atomic E-state index is 11.9. The SMILES string of the molecule is Cc1nc(C)c(C(=O)OCC(=O)N[C@H](C)c2ccccc2)s1. The first-order valence-corrected chi connectivity index (χ1v) is 7.74. The van der Waals surface area contributed by atoms with Gasteiger partial charge in [-0.1, -0.05) is 30.3 Å². The van der Waals surface area contributed by atoms with Crippen LogP contribution in [0.25, 0.3) is 0 Å². The van der Waals surface area contributed by atoms with Gasteiger partial charge in [-0.15, -0.1) is 11.3 Å². The van der Waals surface area contributed by atoms with Crippen LogP contribution in [-0.4, -0.2) is 23.5 Å². The predicted octanol–water partition coefficient (Wildman–Crippen LogP) is 2.79. The minimum Gasteiger partial charge on any atom is -0.451 e. The van der Waals surface area contributed by atoms with Crippen LogP contribution in [0.1, 0.15) is 38.9 Å². The van der Waals surface area contributed by atoms with Gasteiger partial charge >= 0.3 is 5.97 Å². The number of amides is 1. The molecule has 0 saturated carbocycles. The molecule has 0 fully saturated rings. The molecule has 6 heteroatoms. The first-order valence-electron chi connectivity index (χ1n) is 6.93. The smallest absolute Gasteiger partial charge is 0.350 e. The second kappa shape index (κ2) is 7.17. The van der Waals surface area contributed by atoms with Gasteiger partial charge in [0.05, 0.1) is 16.7 Å². The third-order valence-corrected chi connectivity index (χ3v) is 4.15. The summed E-state index contributed by atoms with van der Waals surface area (Å²) < 4.78 is 5.04. The van der Waals surface area contributed by atoms with Crippen LogP contribution in [0.3, 0.4) is 0 Å². The van der Waals surface area contributed by atoms with Gasteiger partial charge in [-0.2, -0.15) is 0 Å². The lowest BCUT2D eigenvalue weighted by Crippen LogP contribution is -2.31. The molecule has 1 aromatic carbocycles. The summed E-state index contributed by atoms with van der Waals surface area (Å²) >= 11 is 1.27. The van der Waals surface area contributed by atoms with Crippen LogP contribution in [0.5, 0.6) is 0 Å². The number of carbonyl (C=O) groups excluding carboxylic acids is 2. The van der Waals surface area contributed by atoms with Crippen LogP contribution >= 0.6 is 11.3 Å². The highest BCUT2D eigenvalue weighted by Crippen LogP contribution is 2.18. The van der Waals surface area contributed by atoms with E-state index in [1.165, 1.54) is 11.3 Å². The molecular formula is C16H18N2O3S. The summed E-state index contributed by atoms with van der Waals surface area (Å²) in [4.78, 5) is 28.4. The first kappa shape index (κ1) is 16.2. The second-order valence-electron chi connectivity index (χ2n) is 4.92. The van der Waals surface area contributed by atoms with E-state index in [1.807, 2.05) is 44.2 Å². The molecule has 1 amide bonds. The maximum absolute atomic E-state index is 11.9. The number of carbonyl (C=O) groups is 2. The highest BCUT2D eigenvalue weighted by atomic mass is 32.1. The van der Waals surface area contributed by atoms with Gasteiger partial charge in [-0.25, -0.2) is 9.78 Å². The normalized spacial score (nSPS) is 11.8. The number of rotatable bonds is 5. The molecule has 1 aromatic heterocycles. The standard InChI is InChI=1S/C16H18N2O3S/c1-10(13-7-5-4-6-8-13)18-14(19)9-21-16(20)15-11(2)17-12(3)22-15/h4-8,10H,9H2,1-3H3,(H,18,19)/t10-/m1/s1. The monoisotopic (exact) mass is 318 g/mol. The molecule has 0 bridgehead atoms. The maximum Gasteiger partial charge on any atom is 0.350 e. The van der Waals surface area contributed by atoms with Crippen molar-refractivity contribution in [1.82, 2.24) is 10.3 Å². The number of hydrogen-bond donors (Lipinski definition) is 1. The Kier molecular flexibility index (Phi) is 5.27. The van der Waals surface area contributed by atoms with Gasteiger partial charge in [-0.3, -0.25) is 4.79 Å². The summed E-state index contributed by atoms with van der Waals surface area (Å²) in [5.74, 6) is -0.839. The summed E-state index contributed by atoms with van der Waals surface area (Å²) in [6, 6.07) is 9.46. The molecule has 0 aliphatic rings. The molecule has 0 unspecified atom stereocenters. The fraction of sp³-hybridized carbons (Fsp3) is 0.312. The molecule has 1 atom stereocenters. The van der Waals surface area contributed by atoms with Gasteiger partial charge in [-0.05, 0) is 26.3 Å². The summed E-state index contributed by atoms with van der Waals surface area (Å²) in [5, 5.41) is 3.59. The molecule has 5 nitrogen and oxygen atoms in total. The van der Waals surface area contributed by atoms with Gasteiger partial charge < -0.3 is 10.1 Å². The van der Waals surface area contributed by atoms with E-state index in [0.717, 1.165) is 10.6 Å². The summed E-state index contributed by atoms with van der Waals surface area (Å²) in [5.41, 5.74) is 1.63. The van der Waals surface area contributed by atoms with Crippen LogP contribution in [-0.2, 0) is 9.53 Å². The molecule has 1 heterocycles. The third-order valence-electron chi connectivity index (χ3n) is 3.10. The molecule has 0 aliphatic carbocycles. The topological polar surface area (TPSA) is 68.3 Å². The van der Waals surface area contributed by atoms with Gasteiger partial charge in [0.15, 0.2) is 6.61 Å². The Balaban J connectivity index is 1.85. The van der Waals surface area contributed by atoms with E-state index in [-0.39, 0.29) is 18.6 Å². The van der Waals surface area contributed by atoms with E-state index in [0.29, 0.717) is 10.6 Å². The van der Waals surface area contributed by atoms with E-state index < -0.39 is 5.97 Å². The average Bonchev–Trinajstić information content (AvgIpc) is 2.84. The molecule has 0 aliphatic heterocycles. The van der Waals surface area contributed by atoms with Crippen LogP contribution in [0.4, 0.5) is 0 Å². The molecular weight excluding hydrogens is 300 g/mol. The highest BCUT2D eigenvalue weighted by Gasteiger charge is 2.17. The van der Waals surface area contributed by atoms with E-state index in [2.05, 4.69) is 10.3 Å². The highest BCUT2D eigenvalue weighted by molar-refractivity contribution is 7.13. The lowest BCUT2D eigenvalue weighted by Gasteiger charge is -2.14. The van der Waals surface area contributed by atoms with Crippen molar-refractivity contribution in [2.75, 3.05) is 6.61 Å². The molecule has 0 saturated heterocycles. The van der Waals surface area contributed by atoms with Crippen molar-refractivity contribution >= 4 is 23.2 Å². The van der Waals surface area contributed by atoms with E-state index in [1.54, 1.807) is 6.92 Å². The Morgan fingerprint density at radius 1 is 1.27 bits per heavy atom. The Morgan fingerprint density at radius 3 is 2.55 bits per heavy atom. The summed E-state index contributed by atoms with van der Waals surface area (Å²) in [7, 11) is 0. The number of esters is 1. The van der Waals surface area contributed by atoms with Crippen molar-refractivity contribution in [2.45, 2.75) is 26.8 Å². The van der Waals surface area contributed by atoms with Crippen molar-refractivity contribution in [2.24, 2.45) is 0 Å². The fourth-order valence-corrected chi connectivity index (χ4v) is 2.84. The summed E-state index contributed by atoms with van der Waals surface area (Å²) in [6.07, 6.45) is 0. The molecule has 0 spiro atoms. The van der Waals surface area contributed by atoms with E-state index >= 15 is 0 Å². The number of hydrogen-bond acceptors (Lipinski definition) is 5. The Hall–Kier alpha value is -2.21. The second-order valence-corrected chi connectivity index (χ2v) is 6.13. The lowest BCUT2D eigenvalue weighted by atomic mass is 10.1. The molecule has 22 heavy (non-hydrogen) atoms. The first-order chi connectivity index (χ1) is 10.5. The Labute approximate surface area is 133 Å². The zero-order valence-corrected chi connectivity index (χ0v) is 13.6. The zero-order valence-electron chi connectivity index (χ0n) is 12.8. The predicted molar refractivity (Wildman–Crippen MR) is 84.9 cm³/mol. The molecule has 116 valence electrons. The van der Waals surface area contributed by atoms with Gasteiger partial charge in [0.2, 0.25) is 0 Å². The number of nitrogens with one attached hydrogen (secondary N) is 1. The van der Waals surface area contributed by atoms with Gasteiger partial charge in [0, 0.05) is 0 Å². The van der Waals surface area contributed by atoms with Crippen molar-refractivity contribution < 1.29 is 14.3 Å². The largest absolute Gasteiger partial charge is 0.451 e. The number of nitrogens with zero attached hydrogens (tertiary/aromatic N) is 1. The van der Waals surface area contributed by atoms with Gasteiger partial charge in [0.25, 0.3) is 5.91 Å². The number of aromatic nitrogens is 1. The van der Waals surface area contributed by atoms with Crippen molar-refractivity contribution in [3.8, 4) is 0 Å². The average molecular weight is 318 g/mol.